The van der Waals surface area contributed by atoms with E-state index in [1.165, 1.54) is 17.7 Å². The molecule has 0 saturated heterocycles. The average molecular weight is 248 g/mol. The van der Waals surface area contributed by atoms with Gasteiger partial charge in [-0.15, -0.1) is 0 Å². The summed E-state index contributed by atoms with van der Waals surface area (Å²) in [7, 11) is 0. The molecule has 4 heteroatoms. The summed E-state index contributed by atoms with van der Waals surface area (Å²) >= 11 is 0. The molecule has 2 aromatic rings. The predicted octanol–water partition coefficient (Wildman–Crippen LogP) is 3.18. The minimum Gasteiger partial charge on any atom is -0.494 e. The molecule has 1 aromatic carbocycles. The number of aryl methyl sites for hydroxylation is 2. The van der Waals surface area contributed by atoms with E-state index >= 15 is 0 Å². The zero-order valence-electron chi connectivity index (χ0n) is 10.7. The predicted molar refractivity (Wildman–Crippen MR) is 68.3 cm³/mol. The fraction of sp³-hybridized carbons (Fsp3) is 0.357. The Kier molecular flexibility index (Phi) is 3.97. The molecule has 1 heterocycles. The van der Waals surface area contributed by atoms with E-state index in [0.717, 1.165) is 24.2 Å². The van der Waals surface area contributed by atoms with Crippen LogP contribution in [0, 0.1) is 19.7 Å². The van der Waals surface area contributed by atoms with Crippen molar-refractivity contribution in [1.82, 2.24) is 10.2 Å². The van der Waals surface area contributed by atoms with E-state index in [1.54, 1.807) is 12.1 Å². The quantitative estimate of drug-likeness (QED) is 0.825. The van der Waals surface area contributed by atoms with Crippen LogP contribution in [0.3, 0.4) is 0 Å². The summed E-state index contributed by atoms with van der Waals surface area (Å²) in [5.74, 6) is 0.462. The van der Waals surface area contributed by atoms with Crippen LogP contribution in [-0.2, 0) is 6.42 Å². The second kappa shape index (κ2) is 5.67. The first-order valence-corrected chi connectivity index (χ1v) is 6.05. The molecule has 0 saturated carbocycles. The third kappa shape index (κ3) is 3.09. The molecule has 0 bridgehead atoms. The molecule has 0 radical (unpaired) electrons. The van der Waals surface area contributed by atoms with Gasteiger partial charge in [-0.05, 0) is 56.5 Å². The van der Waals surface area contributed by atoms with Crippen molar-refractivity contribution < 1.29 is 9.13 Å². The van der Waals surface area contributed by atoms with Crippen LogP contribution in [0.25, 0.3) is 0 Å². The highest BCUT2D eigenvalue weighted by Crippen LogP contribution is 2.14. The average Bonchev–Trinajstić information content (AvgIpc) is 2.68. The van der Waals surface area contributed by atoms with Crippen LogP contribution in [0.4, 0.5) is 4.39 Å². The van der Waals surface area contributed by atoms with E-state index in [0.29, 0.717) is 12.4 Å². The zero-order valence-corrected chi connectivity index (χ0v) is 10.7. The van der Waals surface area contributed by atoms with Crippen LogP contribution >= 0.6 is 0 Å². The van der Waals surface area contributed by atoms with Gasteiger partial charge in [0.1, 0.15) is 11.6 Å². The maximum atomic E-state index is 12.7. The molecule has 1 aromatic heterocycles. The molecular weight excluding hydrogens is 231 g/mol. The molecule has 0 aliphatic heterocycles. The van der Waals surface area contributed by atoms with E-state index in [2.05, 4.69) is 10.2 Å². The lowest BCUT2D eigenvalue weighted by Gasteiger charge is -2.06. The molecule has 0 unspecified atom stereocenters. The van der Waals surface area contributed by atoms with Crippen molar-refractivity contribution in [3.05, 3.63) is 47.0 Å². The SMILES string of the molecule is Cc1n[nH]c(C)c1CCCOc1ccc(F)cc1. The van der Waals surface area contributed by atoms with Gasteiger partial charge in [0.15, 0.2) is 0 Å². The van der Waals surface area contributed by atoms with Gasteiger partial charge in [0.05, 0.1) is 12.3 Å². The molecule has 1 N–H and O–H groups in total. The molecular formula is C14H17FN2O. The Balaban J connectivity index is 1.78. The molecule has 18 heavy (non-hydrogen) atoms. The fourth-order valence-corrected chi connectivity index (χ4v) is 1.91. The maximum absolute atomic E-state index is 12.7. The van der Waals surface area contributed by atoms with Crippen molar-refractivity contribution in [2.75, 3.05) is 6.61 Å². The number of hydrogen-bond donors (Lipinski definition) is 1. The van der Waals surface area contributed by atoms with Crippen molar-refractivity contribution in [3.63, 3.8) is 0 Å². The number of aromatic nitrogens is 2. The number of ether oxygens (including phenoxy) is 1. The Bertz CT molecular complexity index is 486. The third-order valence-corrected chi connectivity index (χ3v) is 2.93. The molecule has 2 rings (SSSR count). The van der Waals surface area contributed by atoms with Gasteiger partial charge in [-0.3, -0.25) is 5.10 Å². The van der Waals surface area contributed by atoms with Crippen molar-refractivity contribution in [1.29, 1.82) is 0 Å². The van der Waals surface area contributed by atoms with Gasteiger partial charge in [-0.25, -0.2) is 4.39 Å². The lowest BCUT2D eigenvalue weighted by atomic mass is 10.1. The van der Waals surface area contributed by atoms with Crippen molar-refractivity contribution >= 4 is 0 Å². The van der Waals surface area contributed by atoms with Crippen molar-refractivity contribution in [2.45, 2.75) is 26.7 Å². The summed E-state index contributed by atoms with van der Waals surface area (Å²) < 4.78 is 18.2. The van der Waals surface area contributed by atoms with Gasteiger partial charge < -0.3 is 4.74 Å². The second-order valence-electron chi connectivity index (χ2n) is 4.32. The highest BCUT2D eigenvalue weighted by atomic mass is 19.1. The largest absolute Gasteiger partial charge is 0.494 e. The summed E-state index contributed by atoms with van der Waals surface area (Å²) in [5, 5.41) is 7.12. The van der Waals surface area contributed by atoms with E-state index in [-0.39, 0.29) is 5.82 Å². The molecule has 0 aliphatic carbocycles. The van der Waals surface area contributed by atoms with E-state index < -0.39 is 0 Å². The van der Waals surface area contributed by atoms with E-state index in [4.69, 9.17) is 4.74 Å². The molecule has 0 fully saturated rings. The lowest BCUT2D eigenvalue weighted by molar-refractivity contribution is 0.310. The van der Waals surface area contributed by atoms with Crippen LogP contribution in [0.1, 0.15) is 23.4 Å². The first-order chi connectivity index (χ1) is 8.66. The second-order valence-corrected chi connectivity index (χ2v) is 4.32. The molecule has 96 valence electrons. The number of rotatable bonds is 5. The smallest absolute Gasteiger partial charge is 0.123 e. The first-order valence-electron chi connectivity index (χ1n) is 6.05. The van der Waals surface area contributed by atoms with Crippen LogP contribution in [0.2, 0.25) is 0 Å². The number of nitrogens with one attached hydrogen (secondary N) is 1. The summed E-state index contributed by atoms with van der Waals surface area (Å²) in [6.45, 7) is 4.64. The fourth-order valence-electron chi connectivity index (χ4n) is 1.91. The van der Waals surface area contributed by atoms with Gasteiger partial charge in [-0.1, -0.05) is 0 Å². The van der Waals surface area contributed by atoms with Gasteiger partial charge in [0.25, 0.3) is 0 Å². The monoisotopic (exact) mass is 248 g/mol. The Labute approximate surface area is 106 Å². The summed E-state index contributed by atoms with van der Waals surface area (Å²) in [6.07, 6.45) is 1.86. The van der Waals surface area contributed by atoms with E-state index in [9.17, 15) is 4.39 Å². The van der Waals surface area contributed by atoms with Gasteiger partial charge >= 0.3 is 0 Å². The van der Waals surface area contributed by atoms with Gasteiger partial charge in [0.2, 0.25) is 0 Å². The standard InChI is InChI=1S/C14H17FN2O/c1-10-14(11(2)17-16-10)4-3-9-18-13-7-5-12(15)6-8-13/h5-8H,3-4,9H2,1-2H3,(H,16,17). The van der Waals surface area contributed by atoms with Crippen LogP contribution in [0.15, 0.2) is 24.3 Å². The molecule has 3 nitrogen and oxygen atoms in total. The van der Waals surface area contributed by atoms with Gasteiger partial charge in [0, 0.05) is 5.69 Å². The maximum Gasteiger partial charge on any atom is 0.123 e. The minimum absolute atomic E-state index is 0.244. The number of hydrogen-bond acceptors (Lipinski definition) is 2. The van der Waals surface area contributed by atoms with E-state index in [1.807, 2.05) is 13.8 Å². The lowest BCUT2D eigenvalue weighted by Crippen LogP contribution is -2.00. The number of H-pyrrole nitrogens is 1. The number of nitrogens with zero attached hydrogens (tertiary/aromatic N) is 1. The zero-order chi connectivity index (χ0) is 13.0. The molecule has 0 spiro atoms. The summed E-state index contributed by atoms with van der Waals surface area (Å²) in [4.78, 5) is 0. The van der Waals surface area contributed by atoms with Crippen LogP contribution in [0.5, 0.6) is 5.75 Å². The van der Waals surface area contributed by atoms with Crippen LogP contribution in [-0.4, -0.2) is 16.8 Å². The molecule has 0 atom stereocenters. The number of benzene rings is 1. The highest BCUT2D eigenvalue weighted by Gasteiger charge is 2.05. The topological polar surface area (TPSA) is 37.9 Å². The van der Waals surface area contributed by atoms with Gasteiger partial charge in [-0.2, -0.15) is 5.10 Å². The number of aromatic amines is 1. The Hall–Kier alpha value is -1.84. The van der Waals surface area contributed by atoms with Crippen LogP contribution < -0.4 is 4.74 Å². The molecule has 0 amide bonds. The highest BCUT2D eigenvalue weighted by molar-refractivity contribution is 5.23. The molecule has 0 aliphatic rings. The normalized spacial score (nSPS) is 10.6. The summed E-state index contributed by atoms with van der Waals surface area (Å²) in [6, 6.07) is 6.09. The Morgan fingerprint density at radius 2 is 1.94 bits per heavy atom. The van der Waals surface area contributed by atoms with Crippen molar-refractivity contribution in [3.8, 4) is 5.75 Å². The minimum atomic E-state index is -0.244. The first kappa shape index (κ1) is 12.6. The Morgan fingerprint density at radius 3 is 2.56 bits per heavy atom. The number of halogens is 1. The van der Waals surface area contributed by atoms with Crippen molar-refractivity contribution in [2.24, 2.45) is 0 Å². The third-order valence-electron chi connectivity index (χ3n) is 2.93. The Morgan fingerprint density at radius 1 is 1.22 bits per heavy atom. The summed E-state index contributed by atoms with van der Waals surface area (Å²) in [5.41, 5.74) is 3.43.